The predicted octanol–water partition coefficient (Wildman–Crippen LogP) is 0.222. The zero-order chi connectivity index (χ0) is 19.3. The van der Waals surface area contributed by atoms with Gasteiger partial charge in [-0.3, -0.25) is 9.59 Å². The van der Waals surface area contributed by atoms with Crippen molar-refractivity contribution < 1.29 is 19.1 Å². The smallest absolute Gasteiger partial charge is 0.239 e. The molecule has 0 saturated carbocycles. The molecule has 2 N–H and O–H groups in total. The van der Waals surface area contributed by atoms with Crippen molar-refractivity contribution >= 4 is 17.5 Å². The second-order valence-electron chi connectivity index (χ2n) is 7.40. The lowest BCUT2D eigenvalue weighted by Crippen LogP contribution is -2.44. The second kappa shape index (κ2) is 8.79. The van der Waals surface area contributed by atoms with Crippen molar-refractivity contribution in [2.24, 2.45) is 5.92 Å². The first kappa shape index (κ1) is 19.0. The van der Waals surface area contributed by atoms with E-state index < -0.39 is 5.92 Å². The topological polar surface area (TPSA) is 83.1 Å². The number of carbonyl (C=O) groups is 2. The highest BCUT2D eigenvalue weighted by molar-refractivity contribution is 6.09. The number of piperazine rings is 1. The Labute approximate surface area is 165 Å². The molecule has 3 aliphatic rings. The molecule has 0 spiro atoms. The average Bonchev–Trinajstić information content (AvgIpc) is 3.13. The Morgan fingerprint density at radius 3 is 2.75 bits per heavy atom. The third kappa shape index (κ3) is 4.23. The van der Waals surface area contributed by atoms with Crippen LogP contribution in [0.4, 0.5) is 5.69 Å². The molecular weight excluding hydrogens is 360 g/mol. The summed E-state index contributed by atoms with van der Waals surface area (Å²) in [7, 11) is 0. The Bertz CT molecular complexity index is 720. The van der Waals surface area contributed by atoms with E-state index in [0.717, 1.165) is 44.8 Å². The van der Waals surface area contributed by atoms with Crippen molar-refractivity contribution in [2.75, 3.05) is 63.9 Å². The number of nitrogens with zero attached hydrogens (tertiary/aromatic N) is 2. The fourth-order valence-electron chi connectivity index (χ4n) is 3.95. The van der Waals surface area contributed by atoms with Gasteiger partial charge in [0.2, 0.25) is 11.8 Å². The first-order chi connectivity index (χ1) is 13.7. The van der Waals surface area contributed by atoms with Crippen LogP contribution in [0.5, 0.6) is 11.5 Å². The van der Waals surface area contributed by atoms with Gasteiger partial charge in [0.1, 0.15) is 19.1 Å². The molecule has 0 aromatic heterocycles. The lowest BCUT2D eigenvalue weighted by molar-refractivity contribution is -0.132. The first-order valence-corrected chi connectivity index (χ1v) is 10.1. The molecule has 8 heteroatoms. The average molecular weight is 388 g/mol. The summed E-state index contributed by atoms with van der Waals surface area (Å²) in [4.78, 5) is 29.3. The molecule has 1 unspecified atom stereocenters. The van der Waals surface area contributed by atoms with Gasteiger partial charge in [-0.2, -0.15) is 0 Å². The summed E-state index contributed by atoms with van der Waals surface area (Å²) >= 11 is 0. The Morgan fingerprint density at radius 2 is 1.93 bits per heavy atom. The predicted molar refractivity (Wildman–Crippen MR) is 105 cm³/mol. The van der Waals surface area contributed by atoms with Crippen LogP contribution < -0.4 is 25.0 Å². The van der Waals surface area contributed by atoms with Gasteiger partial charge in [0.05, 0.1) is 0 Å². The van der Waals surface area contributed by atoms with Crippen molar-refractivity contribution in [2.45, 2.75) is 12.8 Å². The number of benzene rings is 1. The van der Waals surface area contributed by atoms with Gasteiger partial charge in [0.15, 0.2) is 11.5 Å². The lowest BCUT2D eigenvalue weighted by Gasteiger charge is -2.27. The fraction of sp³-hybridized carbons (Fsp3) is 0.600. The van der Waals surface area contributed by atoms with Gasteiger partial charge < -0.3 is 29.9 Å². The van der Waals surface area contributed by atoms with E-state index in [9.17, 15) is 9.59 Å². The van der Waals surface area contributed by atoms with E-state index in [2.05, 4.69) is 15.5 Å². The number of fused-ring (bicyclic) bond motifs is 1. The maximum absolute atomic E-state index is 12.8. The van der Waals surface area contributed by atoms with Crippen molar-refractivity contribution in [1.82, 2.24) is 15.5 Å². The number of amides is 2. The zero-order valence-corrected chi connectivity index (χ0v) is 16.1. The third-order valence-electron chi connectivity index (χ3n) is 5.52. The summed E-state index contributed by atoms with van der Waals surface area (Å²) in [6, 6.07) is 5.49. The van der Waals surface area contributed by atoms with Crippen LogP contribution in [0.15, 0.2) is 18.2 Å². The third-order valence-corrected chi connectivity index (χ3v) is 5.52. The molecule has 1 aromatic rings. The number of nitrogens with one attached hydrogen (secondary N) is 2. The molecule has 0 radical (unpaired) electrons. The van der Waals surface area contributed by atoms with Gasteiger partial charge in [-0.1, -0.05) is 0 Å². The second-order valence-corrected chi connectivity index (χ2v) is 7.40. The Hall–Kier alpha value is -2.32. The summed E-state index contributed by atoms with van der Waals surface area (Å²) in [5, 5.41) is 6.27. The molecule has 3 heterocycles. The van der Waals surface area contributed by atoms with Crippen LogP contribution in [0.2, 0.25) is 0 Å². The Morgan fingerprint density at radius 1 is 1.14 bits per heavy atom. The molecule has 2 fully saturated rings. The molecular formula is C20H28N4O4. The molecule has 2 amide bonds. The molecule has 0 aliphatic carbocycles. The fourth-order valence-corrected chi connectivity index (χ4v) is 3.95. The van der Waals surface area contributed by atoms with Crippen LogP contribution in [0.3, 0.4) is 0 Å². The molecule has 3 aliphatic heterocycles. The van der Waals surface area contributed by atoms with Crippen molar-refractivity contribution in [3.8, 4) is 11.5 Å². The van der Waals surface area contributed by atoms with E-state index >= 15 is 0 Å². The molecule has 0 bridgehead atoms. The normalized spacial score (nSPS) is 22.4. The maximum Gasteiger partial charge on any atom is 0.239 e. The van der Waals surface area contributed by atoms with Crippen LogP contribution in [-0.2, 0) is 9.59 Å². The molecule has 2 saturated heterocycles. The highest BCUT2D eigenvalue weighted by Gasteiger charge is 2.37. The summed E-state index contributed by atoms with van der Waals surface area (Å²) < 4.78 is 11.1. The summed E-state index contributed by atoms with van der Waals surface area (Å²) in [5.74, 6) is 0.437. The van der Waals surface area contributed by atoms with Crippen LogP contribution in [-0.4, -0.2) is 75.7 Å². The monoisotopic (exact) mass is 388 g/mol. The number of carbonyl (C=O) groups excluding carboxylic acids is 2. The minimum atomic E-state index is -0.604. The largest absolute Gasteiger partial charge is 0.486 e. The van der Waals surface area contributed by atoms with E-state index in [-0.39, 0.29) is 11.8 Å². The molecule has 1 aromatic carbocycles. The number of anilines is 1. The standard InChI is InChI=1S/C20H28N4O4/c25-19(22-5-1-8-23-10-6-21-7-11-23)16-4-9-24(20(16)26)15-2-3-17-18(14-15)28-13-12-27-17/h2-3,14,16,21H,1,4-13H2,(H,22,25). The van der Waals surface area contributed by atoms with Crippen LogP contribution in [0.1, 0.15) is 12.8 Å². The van der Waals surface area contributed by atoms with Crippen molar-refractivity contribution in [3.05, 3.63) is 18.2 Å². The van der Waals surface area contributed by atoms with Gasteiger partial charge in [-0.25, -0.2) is 0 Å². The van der Waals surface area contributed by atoms with Crippen LogP contribution in [0, 0.1) is 5.92 Å². The van der Waals surface area contributed by atoms with Crippen LogP contribution in [0.25, 0.3) is 0 Å². The summed E-state index contributed by atoms with van der Waals surface area (Å²) in [5.41, 5.74) is 0.753. The molecule has 28 heavy (non-hydrogen) atoms. The highest BCUT2D eigenvalue weighted by Crippen LogP contribution is 2.36. The number of rotatable bonds is 6. The lowest BCUT2D eigenvalue weighted by atomic mass is 10.1. The molecule has 4 rings (SSSR count). The Kier molecular flexibility index (Phi) is 5.97. The van der Waals surface area contributed by atoms with E-state index in [0.29, 0.717) is 44.2 Å². The van der Waals surface area contributed by atoms with E-state index in [1.807, 2.05) is 18.2 Å². The molecule has 1 atom stereocenters. The van der Waals surface area contributed by atoms with Crippen molar-refractivity contribution in [3.63, 3.8) is 0 Å². The van der Waals surface area contributed by atoms with Gasteiger partial charge in [0.25, 0.3) is 0 Å². The van der Waals surface area contributed by atoms with Crippen molar-refractivity contribution in [1.29, 1.82) is 0 Å². The Balaban J connectivity index is 1.27. The summed E-state index contributed by atoms with van der Waals surface area (Å²) in [6.07, 6.45) is 1.44. The SMILES string of the molecule is O=C(NCCCN1CCNCC1)C1CCN(c2ccc3c(c2)OCCO3)C1=O. The summed E-state index contributed by atoms with van der Waals surface area (Å²) in [6.45, 7) is 7.32. The van der Waals surface area contributed by atoms with Gasteiger partial charge >= 0.3 is 0 Å². The number of hydrogen-bond acceptors (Lipinski definition) is 6. The van der Waals surface area contributed by atoms with Gasteiger partial charge in [-0.05, 0) is 31.5 Å². The van der Waals surface area contributed by atoms with Gasteiger partial charge in [-0.15, -0.1) is 0 Å². The van der Waals surface area contributed by atoms with Crippen LogP contribution >= 0.6 is 0 Å². The number of ether oxygens (including phenoxy) is 2. The van der Waals surface area contributed by atoms with E-state index in [1.54, 1.807) is 4.90 Å². The quantitative estimate of drug-likeness (QED) is 0.536. The maximum atomic E-state index is 12.8. The van der Waals surface area contributed by atoms with E-state index in [4.69, 9.17) is 9.47 Å². The molecule has 8 nitrogen and oxygen atoms in total. The van der Waals surface area contributed by atoms with Gasteiger partial charge in [0, 0.05) is 51.0 Å². The number of hydrogen-bond donors (Lipinski definition) is 2. The minimum absolute atomic E-state index is 0.142. The molecule has 152 valence electrons. The highest BCUT2D eigenvalue weighted by atomic mass is 16.6. The minimum Gasteiger partial charge on any atom is -0.486 e. The zero-order valence-electron chi connectivity index (χ0n) is 16.1. The van der Waals surface area contributed by atoms with E-state index in [1.165, 1.54) is 0 Å². The first-order valence-electron chi connectivity index (χ1n) is 10.1.